The number of amides is 1. The summed E-state index contributed by atoms with van der Waals surface area (Å²) in [6.45, 7) is 0. The third kappa shape index (κ3) is 2.19. The summed E-state index contributed by atoms with van der Waals surface area (Å²) >= 11 is 0. The van der Waals surface area contributed by atoms with Crippen molar-refractivity contribution < 1.29 is 4.79 Å². The lowest BCUT2D eigenvalue weighted by Gasteiger charge is -1.99. The molecule has 0 aliphatic heterocycles. The summed E-state index contributed by atoms with van der Waals surface area (Å²) in [6.07, 6.45) is 2.60. The van der Waals surface area contributed by atoms with E-state index in [0.29, 0.717) is 11.5 Å². The molecule has 0 spiro atoms. The predicted octanol–water partition coefficient (Wildman–Crippen LogP) is -0.444. The molecule has 0 fully saturated rings. The zero-order valence-electron chi connectivity index (χ0n) is 6.61. The maximum Gasteiger partial charge on any atom is 0.227 e. The SMILES string of the molecule is CNc1cc([CH]C(N)=O)ncn1. The molecule has 0 unspecified atom stereocenters. The topological polar surface area (TPSA) is 80.9 Å². The molecular formula is C7H9N4O. The smallest absolute Gasteiger partial charge is 0.227 e. The van der Waals surface area contributed by atoms with Gasteiger partial charge in [-0.3, -0.25) is 4.79 Å². The van der Waals surface area contributed by atoms with E-state index in [4.69, 9.17) is 5.73 Å². The number of nitrogens with two attached hydrogens (primary N) is 1. The summed E-state index contributed by atoms with van der Waals surface area (Å²) in [7, 11) is 1.73. The molecule has 5 heteroatoms. The van der Waals surface area contributed by atoms with E-state index in [2.05, 4.69) is 15.3 Å². The Bertz CT molecular complexity index is 286. The van der Waals surface area contributed by atoms with Crippen LogP contribution in [-0.4, -0.2) is 22.9 Å². The second kappa shape index (κ2) is 3.66. The first kappa shape index (κ1) is 8.45. The van der Waals surface area contributed by atoms with Crippen molar-refractivity contribution in [1.82, 2.24) is 9.97 Å². The Kier molecular flexibility index (Phi) is 2.57. The van der Waals surface area contributed by atoms with Gasteiger partial charge in [-0.15, -0.1) is 0 Å². The molecule has 1 radical (unpaired) electrons. The van der Waals surface area contributed by atoms with E-state index in [1.807, 2.05) is 0 Å². The van der Waals surface area contributed by atoms with Crippen molar-refractivity contribution in [2.75, 3.05) is 12.4 Å². The molecular weight excluding hydrogens is 156 g/mol. The van der Waals surface area contributed by atoms with Crippen LogP contribution in [0.4, 0.5) is 5.82 Å². The van der Waals surface area contributed by atoms with Gasteiger partial charge in [0.15, 0.2) is 0 Å². The van der Waals surface area contributed by atoms with Crippen molar-refractivity contribution >= 4 is 11.7 Å². The summed E-state index contributed by atoms with van der Waals surface area (Å²) in [4.78, 5) is 18.1. The fourth-order valence-electron chi connectivity index (χ4n) is 0.734. The standard InChI is InChI=1S/C7H9N4O/c1-9-7-3-5(2-6(8)12)10-4-11-7/h2-4H,1H3,(H2,8,12)(H,9,10,11). The number of hydrogen-bond acceptors (Lipinski definition) is 4. The lowest BCUT2D eigenvalue weighted by Crippen LogP contribution is -2.12. The maximum absolute atomic E-state index is 10.5. The van der Waals surface area contributed by atoms with Crippen molar-refractivity contribution in [1.29, 1.82) is 0 Å². The van der Waals surface area contributed by atoms with E-state index in [-0.39, 0.29) is 0 Å². The van der Waals surface area contributed by atoms with Gasteiger partial charge in [-0.2, -0.15) is 0 Å². The number of anilines is 1. The average molecular weight is 165 g/mol. The summed E-state index contributed by atoms with van der Waals surface area (Å²) in [6, 6.07) is 1.63. The fraction of sp³-hybridized carbons (Fsp3) is 0.143. The molecule has 1 amide bonds. The van der Waals surface area contributed by atoms with E-state index in [1.54, 1.807) is 13.1 Å². The van der Waals surface area contributed by atoms with Crippen LogP contribution in [0.25, 0.3) is 0 Å². The van der Waals surface area contributed by atoms with Crippen molar-refractivity contribution in [2.24, 2.45) is 5.73 Å². The fourth-order valence-corrected chi connectivity index (χ4v) is 0.734. The lowest BCUT2D eigenvalue weighted by molar-refractivity contribution is -0.114. The van der Waals surface area contributed by atoms with Gasteiger partial charge in [0.05, 0.1) is 12.1 Å². The van der Waals surface area contributed by atoms with Crippen molar-refractivity contribution in [3.8, 4) is 0 Å². The Hall–Kier alpha value is -1.65. The summed E-state index contributed by atoms with van der Waals surface area (Å²) in [5.74, 6) is 0.133. The third-order valence-corrected chi connectivity index (χ3v) is 1.23. The number of rotatable bonds is 3. The van der Waals surface area contributed by atoms with E-state index in [1.165, 1.54) is 12.7 Å². The highest BCUT2D eigenvalue weighted by Gasteiger charge is 2.01. The molecule has 12 heavy (non-hydrogen) atoms. The van der Waals surface area contributed by atoms with Crippen LogP contribution in [0.15, 0.2) is 12.4 Å². The van der Waals surface area contributed by atoms with Gasteiger partial charge in [-0.25, -0.2) is 9.97 Å². The zero-order valence-corrected chi connectivity index (χ0v) is 6.61. The highest BCUT2D eigenvalue weighted by molar-refractivity contribution is 5.86. The molecule has 1 heterocycles. The Balaban J connectivity index is 2.79. The van der Waals surface area contributed by atoms with Gasteiger partial charge in [0, 0.05) is 13.1 Å². The Morgan fingerprint density at radius 2 is 2.42 bits per heavy atom. The number of nitrogens with one attached hydrogen (secondary N) is 1. The number of carbonyl (C=O) groups excluding carboxylic acids is 1. The number of primary amides is 1. The van der Waals surface area contributed by atoms with Gasteiger partial charge in [0.2, 0.25) is 5.91 Å². The quantitative estimate of drug-likeness (QED) is 0.636. The average Bonchev–Trinajstić information content (AvgIpc) is 2.03. The second-order valence-electron chi connectivity index (χ2n) is 2.12. The maximum atomic E-state index is 10.5. The first-order valence-corrected chi connectivity index (χ1v) is 3.36. The normalized spacial score (nSPS) is 9.42. The van der Waals surface area contributed by atoms with E-state index < -0.39 is 5.91 Å². The van der Waals surface area contributed by atoms with E-state index >= 15 is 0 Å². The number of aromatic nitrogens is 2. The molecule has 0 atom stereocenters. The third-order valence-electron chi connectivity index (χ3n) is 1.23. The minimum Gasteiger partial charge on any atom is -0.373 e. The summed E-state index contributed by atoms with van der Waals surface area (Å²) in [5.41, 5.74) is 5.44. The van der Waals surface area contributed by atoms with Gasteiger partial charge in [0.25, 0.3) is 0 Å². The first-order chi connectivity index (χ1) is 5.72. The Morgan fingerprint density at radius 1 is 1.67 bits per heavy atom. The highest BCUT2D eigenvalue weighted by Crippen LogP contribution is 2.03. The van der Waals surface area contributed by atoms with Crippen LogP contribution in [-0.2, 0) is 4.79 Å². The molecule has 63 valence electrons. The minimum atomic E-state index is -0.518. The predicted molar refractivity (Wildman–Crippen MR) is 44.2 cm³/mol. The summed E-state index contributed by atoms with van der Waals surface area (Å²) < 4.78 is 0. The molecule has 5 nitrogen and oxygen atoms in total. The molecule has 0 saturated carbocycles. The van der Waals surface area contributed by atoms with Gasteiger partial charge in [-0.05, 0) is 0 Å². The highest BCUT2D eigenvalue weighted by atomic mass is 16.1. The van der Waals surface area contributed by atoms with Crippen molar-refractivity contribution in [3.05, 3.63) is 24.5 Å². The van der Waals surface area contributed by atoms with Crippen LogP contribution >= 0.6 is 0 Å². The zero-order chi connectivity index (χ0) is 8.97. The number of nitrogens with zero attached hydrogens (tertiary/aromatic N) is 2. The molecule has 1 rings (SSSR count). The molecule has 0 saturated heterocycles. The van der Waals surface area contributed by atoms with Gasteiger partial charge in [0.1, 0.15) is 12.1 Å². The van der Waals surface area contributed by atoms with Gasteiger partial charge in [-0.1, -0.05) is 0 Å². The van der Waals surface area contributed by atoms with Crippen LogP contribution in [0.5, 0.6) is 0 Å². The van der Waals surface area contributed by atoms with E-state index in [9.17, 15) is 4.79 Å². The monoisotopic (exact) mass is 165 g/mol. The van der Waals surface area contributed by atoms with Crippen LogP contribution < -0.4 is 11.1 Å². The number of hydrogen-bond donors (Lipinski definition) is 2. The lowest BCUT2D eigenvalue weighted by atomic mass is 10.3. The molecule has 3 N–H and O–H groups in total. The van der Waals surface area contributed by atoms with E-state index in [0.717, 1.165) is 0 Å². The Labute approximate surface area is 70.0 Å². The Morgan fingerprint density at radius 3 is 3.00 bits per heavy atom. The van der Waals surface area contributed by atoms with Gasteiger partial charge >= 0.3 is 0 Å². The van der Waals surface area contributed by atoms with Gasteiger partial charge < -0.3 is 11.1 Å². The van der Waals surface area contributed by atoms with Crippen LogP contribution in [0.2, 0.25) is 0 Å². The molecule has 0 aromatic carbocycles. The number of carbonyl (C=O) groups is 1. The summed E-state index contributed by atoms with van der Waals surface area (Å²) in [5, 5.41) is 2.82. The molecule has 0 aliphatic carbocycles. The molecule has 0 aliphatic rings. The first-order valence-electron chi connectivity index (χ1n) is 3.36. The molecule has 0 bridgehead atoms. The van der Waals surface area contributed by atoms with Crippen molar-refractivity contribution in [2.45, 2.75) is 0 Å². The van der Waals surface area contributed by atoms with Crippen LogP contribution in [0.1, 0.15) is 5.69 Å². The van der Waals surface area contributed by atoms with Crippen LogP contribution in [0, 0.1) is 6.42 Å². The molecule has 1 aromatic rings. The molecule has 1 aromatic heterocycles. The van der Waals surface area contributed by atoms with Crippen LogP contribution in [0.3, 0.4) is 0 Å². The largest absolute Gasteiger partial charge is 0.373 e. The second-order valence-corrected chi connectivity index (χ2v) is 2.12. The minimum absolute atomic E-state index is 0.502. The van der Waals surface area contributed by atoms with Crippen molar-refractivity contribution in [3.63, 3.8) is 0 Å².